The van der Waals surface area contributed by atoms with E-state index in [0.717, 1.165) is 5.03 Å². The van der Waals surface area contributed by atoms with Crippen molar-refractivity contribution in [2.75, 3.05) is 4.72 Å². The van der Waals surface area contributed by atoms with Crippen LogP contribution >= 0.6 is 11.1 Å². The summed E-state index contributed by atoms with van der Waals surface area (Å²) < 4.78 is 18.3. The van der Waals surface area contributed by atoms with Crippen molar-refractivity contribution >= 4 is 27.3 Å². The van der Waals surface area contributed by atoms with E-state index in [1.807, 2.05) is 0 Å². The Hall–Kier alpha value is -2.15. The normalized spacial score (nSPS) is 19.8. The predicted octanol–water partition coefficient (Wildman–Crippen LogP) is 2.24. The van der Waals surface area contributed by atoms with Gasteiger partial charge in [0.05, 0.1) is 17.4 Å². The average Bonchev–Trinajstić information content (AvgIpc) is 3.02. The quantitative estimate of drug-likeness (QED) is 0.835. The summed E-state index contributed by atoms with van der Waals surface area (Å²) in [6, 6.07) is 6.56. The summed E-state index contributed by atoms with van der Waals surface area (Å²) in [5, 5.41) is 4.92. The zero-order valence-corrected chi connectivity index (χ0v) is 10.1. The zero-order valence-electron chi connectivity index (χ0n) is 9.23. The Kier molecular flexibility index (Phi) is 2.81. The Morgan fingerprint density at radius 2 is 2.17 bits per heavy atom. The van der Waals surface area contributed by atoms with Crippen molar-refractivity contribution in [1.29, 1.82) is 0 Å². The molecule has 0 saturated carbocycles. The van der Waals surface area contributed by atoms with Gasteiger partial charge in [0.2, 0.25) is 0 Å². The SMILES string of the molecule is Fc1ccccc1N[SH]1C=NC=C1n1cncn1. The number of aliphatic imine (C=N–C) groups is 1. The number of aromatic nitrogens is 3. The number of halogens is 1. The van der Waals surface area contributed by atoms with E-state index < -0.39 is 11.1 Å². The fraction of sp³-hybridized carbons (Fsp3) is 0. The maximum Gasteiger partial charge on any atom is 0.147 e. The van der Waals surface area contributed by atoms with Crippen LogP contribution in [-0.2, 0) is 0 Å². The van der Waals surface area contributed by atoms with Crippen molar-refractivity contribution in [2.24, 2.45) is 4.99 Å². The van der Waals surface area contributed by atoms with Crippen LogP contribution in [0.3, 0.4) is 0 Å². The highest BCUT2D eigenvalue weighted by Gasteiger charge is 2.15. The number of thiol groups is 1. The second kappa shape index (κ2) is 4.61. The number of nitrogens with one attached hydrogen (secondary N) is 1. The minimum absolute atomic E-state index is 0.279. The highest BCUT2D eigenvalue weighted by molar-refractivity contribution is 8.36. The Balaban J connectivity index is 1.84. The number of para-hydroxylation sites is 1. The molecular weight excluding hydrogens is 253 g/mol. The van der Waals surface area contributed by atoms with E-state index in [0.29, 0.717) is 5.69 Å². The van der Waals surface area contributed by atoms with Crippen molar-refractivity contribution in [1.82, 2.24) is 14.8 Å². The molecule has 1 aliphatic heterocycles. The summed E-state index contributed by atoms with van der Waals surface area (Å²) in [7, 11) is 0. The molecule has 18 heavy (non-hydrogen) atoms. The molecule has 5 nitrogen and oxygen atoms in total. The number of nitrogens with zero attached hydrogens (tertiary/aromatic N) is 4. The number of hydrogen-bond donors (Lipinski definition) is 2. The van der Waals surface area contributed by atoms with Gasteiger partial charge in [-0.15, -0.1) is 0 Å². The van der Waals surface area contributed by atoms with Crippen molar-refractivity contribution in [3.05, 3.63) is 48.9 Å². The smallest absolute Gasteiger partial charge is 0.147 e. The maximum atomic E-state index is 13.6. The van der Waals surface area contributed by atoms with E-state index in [1.54, 1.807) is 41.0 Å². The lowest BCUT2D eigenvalue weighted by Gasteiger charge is -2.19. The predicted molar refractivity (Wildman–Crippen MR) is 71.8 cm³/mol. The second-order valence-corrected chi connectivity index (χ2v) is 5.21. The zero-order chi connectivity index (χ0) is 12.4. The summed E-state index contributed by atoms with van der Waals surface area (Å²) in [6.07, 6.45) is 4.75. The van der Waals surface area contributed by atoms with Gasteiger partial charge in [0.25, 0.3) is 0 Å². The van der Waals surface area contributed by atoms with Crippen LogP contribution in [0.25, 0.3) is 5.03 Å². The van der Waals surface area contributed by atoms with Crippen LogP contribution in [-0.4, -0.2) is 20.3 Å². The standard InChI is InChI=1S/C11H10FN5S/c12-9-3-1-2-4-10(9)16-18-8-13-5-11(18)17-7-14-6-15-17/h1-8,16,18H. The van der Waals surface area contributed by atoms with E-state index in [-0.39, 0.29) is 5.82 Å². The van der Waals surface area contributed by atoms with Gasteiger partial charge in [-0.05, 0) is 12.1 Å². The molecule has 1 aromatic carbocycles. The molecular formula is C11H10FN5S. The van der Waals surface area contributed by atoms with Crippen LogP contribution in [0.2, 0.25) is 0 Å². The van der Waals surface area contributed by atoms with Gasteiger partial charge in [-0.2, -0.15) is 5.10 Å². The molecule has 1 aliphatic rings. The van der Waals surface area contributed by atoms with Crippen LogP contribution in [0.4, 0.5) is 10.1 Å². The van der Waals surface area contributed by atoms with Gasteiger partial charge < -0.3 is 4.72 Å². The monoisotopic (exact) mass is 263 g/mol. The summed E-state index contributed by atoms with van der Waals surface area (Å²) in [5.41, 5.74) is 2.22. The first-order chi connectivity index (χ1) is 8.84. The molecule has 0 radical (unpaired) electrons. The van der Waals surface area contributed by atoms with E-state index in [4.69, 9.17) is 0 Å². The Labute approximate surface area is 106 Å². The molecule has 0 bridgehead atoms. The van der Waals surface area contributed by atoms with Gasteiger partial charge in [0, 0.05) is 0 Å². The lowest BCUT2D eigenvalue weighted by Crippen LogP contribution is -2.04. The third kappa shape index (κ3) is 2.00. The summed E-state index contributed by atoms with van der Waals surface area (Å²) in [5.74, 6) is -0.279. The fourth-order valence-electron chi connectivity index (χ4n) is 1.55. The Morgan fingerprint density at radius 1 is 1.28 bits per heavy atom. The Bertz CT molecular complexity index is 608. The fourth-order valence-corrected chi connectivity index (χ4v) is 3.00. The summed E-state index contributed by atoms with van der Waals surface area (Å²) >= 11 is -0.912. The lowest BCUT2D eigenvalue weighted by atomic mass is 10.3. The maximum absolute atomic E-state index is 13.6. The molecule has 1 unspecified atom stereocenters. The summed E-state index contributed by atoms with van der Waals surface area (Å²) in [6.45, 7) is 0. The van der Waals surface area contributed by atoms with Crippen LogP contribution in [0.15, 0.2) is 48.1 Å². The minimum Gasteiger partial charge on any atom is -0.337 e. The highest BCUT2D eigenvalue weighted by Crippen LogP contribution is 2.40. The largest absolute Gasteiger partial charge is 0.337 e. The van der Waals surface area contributed by atoms with Gasteiger partial charge in [-0.1, -0.05) is 23.2 Å². The molecule has 0 fully saturated rings. The molecule has 3 rings (SSSR count). The number of benzene rings is 1. The van der Waals surface area contributed by atoms with Crippen LogP contribution in [0.1, 0.15) is 0 Å². The highest BCUT2D eigenvalue weighted by atomic mass is 32.2. The van der Waals surface area contributed by atoms with Crippen molar-refractivity contribution in [2.45, 2.75) is 0 Å². The van der Waals surface area contributed by atoms with Gasteiger partial charge in [-0.25, -0.2) is 14.1 Å². The molecule has 1 aromatic heterocycles. The molecule has 2 heterocycles. The molecule has 2 aromatic rings. The first-order valence-corrected chi connectivity index (χ1v) is 6.64. The third-order valence-corrected chi connectivity index (χ3v) is 4.05. The third-order valence-electron chi connectivity index (χ3n) is 2.39. The van der Waals surface area contributed by atoms with Crippen molar-refractivity contribution < 1.29 is 4.39 Å². The van der Waals surface area contributed by atoms with E-state index in [2.05, 4.69) is 19.8 Å². The van der Waals surface area contributed by atoms with Crippen LogP contribution in [0, 0.1) is 5.82 Å². The van der Waals surface area contributed by atoms with Gasteiger partial charge in [-0.3, -0.25) is 4.99 Å². The van der Waals surface area contributed by atoms with Gasteiger partial charge >= 0.3 is 0 Å². The molecule has 0 amide bonds. The molecule has 1 N–H and O–H groups in total. The Morgan fingerprint density at radius 3 is 2.94 bits per heavy atom. The number of anilines is 1. The minimum atomic E-state index is -0.912. The molecule has 0 saturated heterocycles. The van der Waals surface area contributed by atoms with Crippen molar-refractivity contribution in [3.8, 4) is 0 Å². The van der Waals surface area contributed by atoms with E-state index in [9.17, 15) is 4.39 Å². The first kappa shape index (κ1) is 11.0. The topological polar surface area (TPSA) is 55.1 Å². The second-order valence-electron chi connectivity index (χ2n) is 3.55. The number of hydrogen-bond acceptors (Lipinski definition) is 4. The van der Waals surface area contributed by atoms with Gasteiger partial charge in [0.15, 0.2) is 0 Å². The molecule has 7 heteroatoms. The molecule has 1 atom stereocenters. The number of rotatable bonds is 3. The molecule has 0 aliphatic carbocycles. The molecule has 0 spiro atoms. The lowest BCUT2D eigenvalue weighted by molar-refractivity contribution is 0.632. The summed E-state index contributed by atoms with van der Waals surface area (Å²) in [4.78, 5) is 7.99. The molecule has 92 valence electrons. The van der Waals surface area contributed by atoms with E-state index in [1.165, 1.54) is 12.4 Å². The first-order valence-electron chi connectivity index (χ1n) is 5.23. The van der Waals surface area contributed by atoms with Crippen LogP contribution in [0.5, 0.6) is 0 Å². The average molecular weight is 263 g/mol. The van der Waals surface area contributed by atoms with Crippen molar-refractivity contribution in [3.63, 3.8) is 0 Å². The van der Waals surface area contributed by atoms with Crippen LogP contribution < -0.4 is 4.72 Å². The van der Waals surface area contributed by atoms with Gasteiger partial charge in [0.1, 0.15) is 23.5 Å². The van der Waals surface area contributed by atoms with E-state index >= 15 is 0 Å².